The quantitative estimate of drug-likeness (QED) is 0.629. The Kier molecular flexibility index (Phi) is 5.26. The predicted octanol–water partition coefficient (Wildman–Crippen LogP) is 3.45. The zero-order valence-corrected chi connectivity index (χ0v) is 18.0. The van der Waals surface area contributed by atoms with Crippen LogP contribution in [0.15, 0.2) is 65.6 Å². The average molecular weight is 425 g/mol. The van der Waals surface area contributed by atoms with Crippen molar-refractivity contribution < 1.29 is 17.9 Å². The molecule has 0 spiro atoms. The molecule has 1 amide bonds. The van der Waals surface area contributed by atoms with Crippen LogP contribution in [0.4, 0.5) is 5.69 Å². The van der Waals surface area contributed by atoms with E-state index in [1.54, 1.807) is 30.0 Å². The van der Waals surface area contributed by atoms with E-state index in [0.29, 0.717) is 18.7 Å². The number of rotatable bonds is 5. The van der Waals surface area contributed by atoms with Gasteiger partial charge in [-0.1, -0.05) is 36.4 Å². The molecule has 0 saturated carbocycles. The largest absolute Gasteiger partial charge is 0.480 e. The maximum Gasteiger partial charge on any atom is 0.267 e. The third kappa shape index (κ3) is 3.55. The molecular formula is C23H24N2O4S. The number of nitrogens with zero attached hydrogens (tertiary/aromatic N) is 2. The summed E-state index contributed by atoms with van der Waals surface area (Å²) in [5.41, 5.74) is 1.59. The topological polar surface area (TPSA) is 66.9 Å². The molecule has 30 heavy (non-hydrogen) atoms. The van der Waals surface area contributed by atoms with Crippen LogP contribution in [0, 0.1) is 0 Å². The molecule has 0 aromatic heterocycles. The van der Waals surface area contributed by atoms with Crippen LogP contribution in [0.5, 0.6) is 5.75 Å². The van der Waals surface area contributed by atoms with Gasteiger partial charge in [-0.15, -0.1) is 0 Å². The number of amides is 1. The molecule has 0 unspecified atom stereocenters. The molecule has 1 atom stereocenters. The molecule has 4 rings (SSSR count). The van der Waals surface area contributed by atoms with Crippen molar-refractivity contribution in [1.29, 1.82) is 0 Å². The van der Waals surface area contributed by atoms with E-state index in [1.165, 1.54) is 18.4 Å². The molecule has 3 aromatic rings. The van der Waals surface area contributed by atoms with Gasteiger partial charge in [-0.2, -0.15) is 0 Å². The molecule has 1 aliphatic heterocycles. The fourth-order valence-electron chi connectivity index (χ4n) is 3.74. The molecule has 6 nitrogen and oxygen atoms in total. The standard InChI is InChI=1S/C23H24N2O4S/c1-16(29-22-10-6-8-17-7-4-5-9-20(17)22)23(26)25-14-13-18-15-19(11-12-21(18)25)30(27,28)24(2)3/h4-12,15-16H,13-14H2,1-3H3/t16-/m0/s1. The Hall–Kier alpha value is -2.90. The highest BCUT2D eigenvalue weighted by molar-refractivity contribution is 7.89. The van der Waals surface area contributed by atoms with Gasteiger partial charge in [-0.05, 0) is 48.6 Å². The van der Waals surface area contributed by atoms with Gasteiger partial charge in [0.15, 0.2) is 6.10 Å². The van der Waals surface area contributed by atoms with Gasteiger partial charge in [0.2, 0.25) is 10.0 Å². The molecule has 156 valence electrons. The monoisotopic (exact) mass is 424 g/mol. The Morgan fingerprint density at radius 3 is 2.57 bits per heavy atom. The van der Waals surface area contributed by atoms with E-state index < -0.39 is 16.1 Å². The molecule has 3 aromatic carbocycles. The second kappa shape index (κ2) is 7.74. The van der Waals surface area contributed by atoms with Gasteiger partial charge in [-0.3, -0.25) is 4.79 Å². The number of sulfonamides is 1. The number of hydrogen-bond acceptors (Lipinski definition) is 4. The zero-order valence-electron chi connectivity index (χ0n) is 17.2. The number of fused-ring (bicyclic) bond motifs is 2. The Labute approximate surface area is 176 Å². The summed E-state index contributed by atoms with van der Waals surface area (Å²) in [5.74, 6) is 0.519. The summed E-state index contributed by atoms with van der Waals surface area (Å²) in [6.07, 6.45) is -0.0642. The van der Waals surface area contributed by atoms with Gasteiger partial charge in [0, 0.05) is 31.7 Å². The Morgan fingerprint density at radius 2 is 1.80 bits per heavy atom. The Morgan fingerprint density at radius 1 is 1.07 bits per heavy atom. The average Bonchev–Trinajstić information content (AvgIpc) is 3.16. The van der Waals surface area contributed by atoms with Crippen LogP contribution in [0.25, 0.3) is 10.8 Å². The van der Waals surface area contributed by atoms with Gasteiger partial charge < -0.3 is 9.64 Å². The van der Waals surface area contributed by atoms with E-state index in [4.69, 9.17) is 4.74 Å². The highest BCUT2D eigenvalue weighted by atomic mass is 32.2. The molecule has 1 heterocycles. The van der Waals surface area contributed by atoms with Crippen LogP contribution in [0.3, 0.4) is 0 Å². The molecule has 0 N–H and O–H groups in total. The highest BCUT2D eigenvalue weighted by Crippen LogP contribution is 2.32. The number of benzene rings is 3. The molecule has 0 saturated heterocycles. The van der Waals surface area contributed by atoms with E-state index in [0.717, 1.165) is 22.0 Å². The number of carbonyl (C=O) groups is 1. The summed E-state index contributed by atoms with van der Waals surface area (Å²) < 4.78 is 32.0. The van der Waals surface area contributed by atoms with E-state index in [9.17, 15) is 13.2 Å². The van der Waals surface area contributed by atoms with Crippen molar-refractivity contribution in [3.05, 3.63) is 66.2 Å². The van der Waals surface area contributed by atoms with Gasteiger partial charge in [0.25, 0.3) is 5.91 Å². The second-order valence-corrected chi connectivity index (χ2v) is 9.71. The molecule has 0 aliphatic carbocycles. The molecular weight excluding hydrogens is 400 g/mol. The van der Waals surface area contributed by atoms with E-state index in [2.05, 4.69) is 0 Å². The lowest BCUT2D eigenvalue weighted by atomic mass is 10.1. The normalized spacial score (nSPS) is 14.7. The number of hydrogen-bond donors (Lipinski definition) is 0. The van der Waals surface area contributed by atoms with Crippen LogP contribution < -0.4 is 9.64 Å². The fraction of sp³-hybridized carbons (Fsp3) is 0.261. The summed E-state index contributed by atoms with van der Waals surface area (Å²) in [6.45, 7) is 2.25. The third-order valence-corrected chi connectivity index (χ3v) is 7.20. The molecule has 7 heteroatoms. The SMILES string of the molecule is C[C@H](Oc1cccc2ccccc12)C(=O)N1CCc2cc(S(=O)(=O)N(C)C)ccc21. The molecule has 0 bridgehead atoms. The van der Waals surface area contributed by atoms with Crippen LogP contribution in [-0.4, -0.2) is 45.4 Å². The van der Waals surface area contributed by atoms with Crippen LogP contribution in [-0.2, 0) is 21.2 Å². The van der Waals surface area contributed by atoms with Crippen molar-refractivity contribution in [2.45, 2.75) is 24.3 Å². The van der Waals surface area contributed by atoms with Gasteiger partial charge in [0.05, 0.1) is 4.90 Å². The lowest BCUT2D eigenvalue weighted by Gasteiger charge is -2.23. The first-order valence-electron chi connectivity index (χ1n) is 9.80. The number of anilines is 1. The lowest BCUT2D eigenvalue weighted by molar-refractivity contribution is -0.124. The first-order chi connectivity index (χ1) is 14.3. The summed E-state index contributed by atoms with van der Waals surface area (Å²) in [6, 6.07) is 18.6. The molecule has 1 aliphatic rings. The number of carbonyl (C=O) groups excluding carboxylic acids is 1. The fourth-order valence-corrected chi connectivity index (χ4v) is 4.69. The maximum atomic E-state index is 13.1. The van der Waals surface area contributed by atoms with Crippen molar-refractivity contribution >= 4 is 32.4 Å². The van der Waals surface area contributed by atoms with Crippen molar-refractivity contribution in [1.82, 2.24) is 4.31 Å². The highest BCUT2D eigenvalue weighted by Gasteiger charge is 2.30. The minimum Gasteiger partial charge on any atom is -0.480 e. The van der Waals surface area contributed by atoms with E-state index in [-0.39, 0.29) is 10.8 Å². The lowest BCUT2D eigenvalue weighted by Crippen LogP contribution is -2.39. The van der Waals surface area contributed by atoms with Crippen molar-refractivity contribution in [3.8, 4) is 5.75 Å². The summed E-state index contributed by atoms with van der Waals surface area (Å²) in [4.78, 5) is 15.0. The van der Waals surface area contributed by atoms with Gasteiger partial charge >= 0.3 is 0 Å². The first kappa shape index (κ1) is 20.4. The van der Waals surface area contributed by atoms with Crippen molar-refractivity contribution in [2.24, 2.45) is 0 Å². The van der Waals surface area contributed by atoms with E-state index >= 15 is 0 Å². The predicted molar refractivity (Wildman–Crippen MR) is 117 cm³/mol. The summed E-state index contributed by atoms with van der Waals surface area (Å²) in [5, 5.41) is 2.01. The van der Waals surface area contributed by atoms with Crippen LogP contribution >= 0.6 is 0 Å². The summed E-state index contributed by atoms with van der Waals surface area (Å²) >= 11 is 0. The van der Waals surface area contributed by atoms with E-state index in [1.807, 2.05) is 42.5 Å². The zero-order chi connectivity index (χ0) is 21.5. The van der Waals surface area contributed by atoms with Crippen LogP contribution in [0.2, 0.25) is 0 Å². The number of ether oxygens (including phenoxy) is 1. The van der Waals surface area contributed by atoms with Gasteiger partial charge in [0.1, 0.15) is 5.75 Å². The van der Waals surface area contributed by atoms with Gasteiger partial charge in [-0.25, -0.2) is 12.7 Å². The minimum absolute atomic E-state index is 0.148. The molecule has 0 fully saturated rings. The summed E-state index contributed by atoms with van der Waals surface area (Å²) in [7, 11) is -0.500. The van der Waals surface area contributed by atoms with Crippen molar-refractivity contribution in [2.75, 3.05) is 25.5 Å². The van der Waals surface area contributed by atoms with Crippen molar-refractivity contribution in [3.63, 3.8) is 0 Å². The minimum atomic E-state index is -3.51. The first-order valence-corrected chi connectivity index (χ1v) is 11.2. The molecule has 0 radical (unpaired) electrons. The van der Waals surface area contributed by atoms with Crippen LogP contribution in [0.1, 0.15) is 12.5 Å². The second-order valence-electron chi connectivity index (χ2n) is 7.56. The third-order valence-electron chi connectivity index (χ3n) is 5.39. The smallest absolute Gasteiger partial charge is 0.267 e. The maximum absolute atomic E-state index is 13.1. The Balaban J connectivity index is 1.57. The Bertz CT molecular complexity index is 1220.